The van der Waals surface area contributed by atoms with E-state index in [0.717, 1.165) is 10.8 Å². The Kier molecular flexibility index (Phi) is 5.20. The van der Waals surface area contributed by atoms with Crippen LogP contribution in [0.2, 0.25) is 10.0 Å². The Bertz CT molecular complexity index is 1250. The molecule has 3 N–H and O–H groups in total. The lowest BCUT2D eigenvalue weighted by Crippen LogP contribution is -2.18. The monoisotopic (exact) mass is 424 g/mol. The van der Waals surface area contributed by atoms with E-state index < -0.39 is 5.91 Å². The second-order valence-corrected chi connectivity index (χ2v) is 7.05. The Morgan fingerprint density at radius 1 is 1.10 bits per heavy atom. The molecule has 8 heteroatoms. The van der Waals surface area contributed by atoms with Crippen LogP contribution in [0, 0.1) is 0 Å². The van der Waals surface area contributed by atoms with Gasteiger partial charge in [-0.2, -0.15) is 10.2 Å². The van der Waals surface area contributed by atoms with E-state index in [1.54, 1.807) is 30.3 Å². The highest BCUT2D eigenvalue weighted by molar-refractivity contribution is 6.35. The lowest BCUT2D eigenvalue weighted by atomic mass is 10.0. The summed E-state index contributed by atoms with van der Waals surface area (Å²) in [5.41, 5.74) is 4.23. The predicted molar refractivity (Wildman–Crippen MR) is 115 cm³/mol. The van der Waals surface area contributed by atoms with Crippen molar-refractivity contribution in [3.63, 3.8) is 0 Å². The lowest BCUT2D eigenvalue weighted by Gasteiger charge is -2.04. The molecule has 0 atom stereocenters. The predicted octanol–water partition coefficient (Wildman–Crippen LogP) is 5.01. The molecule has 6 nitrogen and oxygen atoms in total. The van der Waals surface area contributed by atoms with Gasteiger partial charge in [-0.05, 0) is 41.1 Å². The third kappa shape index (κ3) is 3.94. The number of phenolic OH excluding ortho intramolecular Hbond substituents is 1. The summed E-state index contributed by atoms with van der Waals surface area (Å²) in [4.78, 5) is 12.4. The van der Waals surface area contributed by atoms with Gasteiger partial charge in [-0.15, -0.1) is 0 Å². The van der Waals surface area contributed by atoms with Crippen LogP contribution >= 0.6 is 23.2 Å². The fraction of sp³-hybridized carbons (Fsp3) is 0. The maximum Gasteiger partial charge on any atom is 0.289 e. The van der Waals surface area contributed by atoms with Crippen LogP contribution in [-0.4, -0.2) is 27.4 Å². The summed E-state index contributed by atoms with van der Waals surface area (Å²) in [6.07, 6.45) is 1.40. The highest BCUT2D eigenvalue weighted by atomic mass is 35.5. The first-order chi connectivity index (χ1) is 14.0. The fourth-order valence-electron chi connectivity index (χ4n) is 2.91. The van der Waals surface area contributed by atoms with E-state index in [-0.39, 0.29) is 11.4 Å². The molecule has 0 radical (unpaired) electrons. The molecule has 4 aromatic rings. The van der Waals surface area contributed by atoms with E-state index in [9.17, 15) is 9.90 Å². The number of hydrogen-bond acceptors (Lipinski definition) is 4. The van der Waals surface area contributed by atoms with Crippen LogP contribution in [-0.2, 0) is 0 Å². The zero-order valence-corrected chi connectivity index (χ0v) is 16.4. The van der Waals surface area contributed by atoms with Crippen LogP contribution in [0.3, 0.4) is 0 Å². The van der Waals surface area contributed by atoms with Crippen molar-refractivity contribution in [1.29, 1.82) is 0 Å². The molecule has 0 aliphatic carbocycles. The number of hydrazone groups is 1. The molecular weight excluding hydrogens is 411 g/mol. The van der Waals surface area contributed by atoms with Gasteiger partial charge in [-0.25, -0.2) is 5.43 Å². The van der Waals surface area contributed by atoms with Crippen LogP contribution in [0.1, 0.15) is 16.1 Å². The minimum atomic E-state index is -0.488. The van der Waals surface area contributed by atoms with Crippen molar-refractivity contribution in [2.75, 3.05) is 0 Å². The minimum absolute atomic E-state index is 0.0705. The number of H-pyrrole nitrogens is 1. The number of hydrogen-bond donors (Lipinski definition) is 3. The van der Waals surface area contributed by atoms with Crippen molar-refractivity contribution in [3.05, 3.63) is 82.0 Å². The largest absolute Gasteiger partial charge is 0.507 e. The van der Waals surface area contributed by atoms with Crippen molar-refractivity contribution < 1.29 is 9.90 Å². The van der Waals surface area contributed by atoms with Crippen molar-refractivity contribution in [2.24, 2.45) is 5.10 Å². The van der Waals surface area contributed by atoms with Gasteiger partial charge in [0.25, 0.3) is 5.91 Å². The van der Waals surface area contributed by atoms with Gasteiger partial charge in [0, 0.05) is 16.1 Å². The minimum Gasteiger partial charge on any atom is -0.507 e. The maximum atomic E-state index is 12.4. The van der Waals surface area contributed by atoms with Crippen molar-refractivity contribution in [3.8, 4) is 17.0 Å². The van der Waals surface area contributed by atoms with Gasteiger partial charge < -0.3 is 5.11 Å². The van der Waals surface area contributed by atoms with Crippen molar-refractivity contribution in [1.82, 2.24) is 15.6 Å². The third-order valence-electron chi connectivity index (χ3n) is 4.33. The number of halogens is 2. The van der Waals surface area contributed by atoms with E-state index in [2.05, 4.69) is 20.7 Å². The van der Waals surface area contributed by atoms with Crippen LogP contribution < -0.4 is 5.43 Å². The third-order valence-corrected chi connectivity index (χ3v) is 4.90. The van der Waals surface area contributed by atoms with Gasteiger partial charge >= 0.3 is 0 Å². The standard InChI is InChI=1S/C21H14Cl2N4O2/c22-13-6-7-17(23)15(9-13)18-10-19(26-25-18)21(29)27-24-11-16-14-4-2-1-3-12(14)5-8-20(16)28/h1-11,28H,(H,25,26)(H,27,29)/b24-11+. The summed E-state index contributed by atoms with van der Waals surface area (Å²) < 4.78 is 0. The number of amides is 1. The summed E-state index contributed by atoms with van der Waals surface area (Å²) in [6.45, 7) is 0. The molecular formula is C21H14Cl2N4O2. The molecule has 0 saturated carbocycles. The summed E-state index contributed by atoms with van der Waals surface area (Å²) >= 11 is 12.2. The van der Waals surface area contributed by atoms with Crippen molar-refractivity contribution in [2.45, 2.75) is 0 Å². The van der Waals surface area contributed by atoms with Crippen LogP contribution in [0.5, 0.6) is 5.75 Å². The smallest absolute Gasteiger partial charge is 0.289 e. The van der Waals surface area contributed by atoms with Gasteiger partial charge in [0.15, 0.2) is 0 Å². The SMILES string of the molecule is O=C(N/N=C/c1c(O)ccc2ccccc12)c1cc(-c2cc(Cl)ccc2Cl)n[nH]1. The summed E-state index contributed by atoms with van der Waals surface area (Å²) in [5.74, 6) is -0.418. The highest BCUT2D eigenvalue weighted by Gasteiger charge is 2.13. The molecule has 0 fully saturated rings. The molecule has 0 spiro atoms. The first kappa shape index (κ1) is 19.0. The number of rotatable bonds is 4. The molecule has 144 valence electrons. The molecule has 0 saturated heterocycles. The molecule has 3 aromatic carbocycles. The second-order valence-electron chi connectivity index (χ2n) is 6.21. The summed E-state index contributed by atoms with van der Waals surface area (Å²) in [6, 6.07) is 17.5. The average molecular weight is 425 g/mol. The van der Waals surface area contributed by atoms with E-state index in [1.807, 2.05) is 30.3 Å². The zero-order chi connectivity index (χ0) is 20.4. The number of phenols is 1. The number of nitrogens with one attached hydrogen (secondary N) is 2. The first-order valence-corrected chi connectivity index (χ1v) is 9.33. The quantitative estimate of drug-likeness (QED) is 0.317. The number of nitrogens with zero attached hydrogens (tertiary/aromatic N) is 2. The van der Waals surface area contributed by atoms with Gasteiger partial charge in [0.1, 0.15) is 11.4 Å². The van der Waals surface area contributed by atoms with Crippen LogP contribution in [0.25, 0.3) is 22.0 Å². The summed E-state index contributed by atoms with van der Waals surface area (Å²) in [7, 11) is 0. The number of aromatic hydroxyl groups is 1. The molecule has 1 amide bonds. The van der Waals surface area contributed by atoms with E-state index in [1.165, 1.54) is 6.21 Å². The van der Waals surface area contributed by atoms with Gasteiger partial charge in [-0.3, -0.25) is 9.89 Å². The number of aromatic nitrogens is 2. The Hall–Kier alpha value is -3.35. The van der Waals surface area contributed by atoms with Crippen LogP contribution in [0.4, 0.5) is 0 Å². The number of carbonyl (C=O) groups excluding carboxylic acids is 1. The van der Waals surface area contributed by atoms with E-state index in [0.29, 0.717) is 26.9 Å². The van der Waals surface area contributed by atoms with E-state index >= 15 is 0 Å². The lowest BCUT2D eigenvalue weighted by molar-refractivity contribution is 0.0950. The highest BCUT2D eigenvalue weighted by Crippen LogP contribution is 2.29. The Morgan fingerprint density at radius 2 is 1.93 bits per heavy atom. The fourth-order valence-corrected chi connectivity index (χ4v) is 3.29. The molecule has 4 rings (SSSR count). The topological polar surface area (TPSA) is 90.4 Å². The average Bonchev–Trinajstić information content (AvgIpc) is 3.21. The number of fused-ring (bicyclic) bond motifs is 1. The molecule has 0 aliphatic rings. The Balaban J connectivity index is 1.54. The van der Waals surface area contributed by atoms with Gasteiger partial charge in [0.05, 0.1) is 16.9 Å². The number of aromatic amines is 1. The molecule has 29 heavy (non-hydrogen) atoms. The molecule has 1 heterocycles. The Morgan fingerprint density at radius 3 is 2.79 bits per heavy atom. The zero-order valence-electron chi connectivity index (χ0n) is 14.9. The summed E-state index contributed by atoms with van der Waals surface area (Å²) in [5, 5.41) is 23.6. The molecule has 0 bridgehead atoms. The van der Waals surface area contributed by atoms with Gasteiger partial charge in [0.2, 0.25) is 0 Å². The van der Waals surface area contributed by atoms with Gasteiger partial charge in [-0.1, -0.05) is 53.5 Å². The molecule has 1 aromatic heterocycles. The molecule has 0 aliphatic heterocycles. The Labute approximate surface area is 175 Å². The first-order valence-electron chi connectivity index (χ1n) is 8.58. The second kappa shape index (κ2) is 7.95. The molecule has 0 unspecified atom stereocenters. The van der Waals surface area contributed by atoms with Crippen molar-refractivity contribution >= 4 is 46.1 Å². The number of carbonyl (C=O) groups is 1. The van der Waals surface area contributed by atoms with Crippen LogP contribution in [0.15, 0.2) is 65.8 Å². The normalized spacial score (nSPS) is 11.2. The maximum absolute atomic E-state index is 12.4. The number of benzene rings is 3. The van der Waals surface area contributed by atoms with E-state index in [4.69, 9.17) is 23.2 Å².